The number of likely N-dealkylation sites (N-methyl/N-ethyl adjacent to an activating group) is 1. The van der Waals surface area contributed by atoms with Gasteiger partial charge in [-0.05, 0) is 50.5 Å². The Morgan fingerprint density at radius 3 is 2.58 bits per heavy atom. The maximum atomic E-state index is 13.3. The van der Waals surface area contributed by atoms with Crippen LogP contribution < -0.4 is 26.1 Å². The molecular formula is C26H32N4O6S2. The van der Waals surface area contributed by atoms with Gasteiger partial charge in [-0.1, -0.05) is 6.07 Å². The summed E-state index contributed by atoms with van der Waals surface area (Å²) in [6.45, 7) is 3.73. The lowest BCUT2D eigenvalue weighted by Gasteiger charge is -2.18. The Hall–Kier alpha value is -3.38. The van der Waals surface area contributed by atoms with Crippen LogP contribution in [-0.2, 0) is 14.6 Å². The van der Waals surface area contributed by atoms with Crippen LogP contribution in [0.25, 0.3) is 21.2 Å². The summed E-state index contributed by atoms with van der Waals surface area (Å²) in [6, 6.07) is 6.91. The second-order valence-corrected chi connectivity index (χ2v) is 12.8. The lowest BCUT2D eigenvalue weighted by atomic mass is 10.0. The average Bonchev–Trinajstić information content (AvgIpc) is 3.35. The minimum absolute atomic E-state index is 0.0822. The van der Waals surface area contributed by atoms with Gasteiger partial charge in [0.2, 0.25) is 0 Å². The zero-order chi connectivity index (χ0) is 27.6. The number of carbonyl (C=O) groups excluding carboxylic acids is 1. The molecule has 3 aromatic rings. The van der Waals surface area contributed by atoms with Gasteiger partial charge >= 0.3 is 0 Å². The molecule has 12 heteroatoms. The van der Waals surface area contributed by atoms with Gasteiger partial charge in [0.1, 0.15) is 15.7 Å². The number of amides is 1. The van der Waals surface area contributed by atoms with Gasteiger partial charge in [0.25, 0.3) is 11.5 Å². The zero-order valence-electron chi connectivity index (χ0n) is 21.8. The molecule has 10 nitrogen and oxygen atoms in total. The number of hydrogen-bond acceptors (Lipinski definition) is 8. The van der Waals surface area contributed by atoms with Crippen LogP contribution in [0.5, 0.6) is 11.5 Å². The molecule has 1 aliphatic rings. The van der Waals surface area contributed by atoms with E-state index in [1.165, 1.54) is 25.5 Å². The highest BCUT2D eigenvalue weighted by atomic mass is 32.2. The number of benzene rings is 1. The summed E-state index contributed by atoms with van der Waals surface area (Å²) >= 11 is 1.37. The number of sulfone groups is 1. The van der Waals surface area contributed by atoms with Gasteiger partial charge in [-0.3, -0.25) is 14.6 Å². The second kappa shape index (κ2) is 11.2. The molecule has 0 spiro atoms. The first kappa shape index (κ1) is 27.6. The van der Waals surface area contributed by atoms with Gasteiger partial charge in [0.15, 0.2) is 18.1 Å². The molecule has 3 N–H and O–H groups in total. The minimum atomic E-state index is -3.00. The third kappa shape index (κ3) is 5.86. The van der Waals surface area contributed by atoms with Crippen molar-refractivity contribution >= 4 is 43.0 Å². The standard InChI is InChI=1S/C26H32N4O6S2/c1-15(2)30-13-19(16-5-6-20(21(11-16)35-4)36-14-23(31)28-3)24-18(26(30)32)12-22(37-24)25(27)29-17-7-9-38(33,34)10-8-17/h5-6,11-13,15,17H,7-10,14H2,1-4H3,(H2,27,29)(H,28,31). The Kier molecular flexibility index (Phi) is 8.12. The highest BCUT2D eigenvalue weighted by Gasteiger charge is 2.24. The molecule has 1 amide bonds. The van der Waals surface area contributed by atoms with E-state index in [4.69, 9.17) is 15.2 Å². The van der Waals surface area contributed by atoms with E-state index in [2.05, 4.69) is 10.3 Å². The number of hydrogen-bond donors (Lipinski definition) is 2. The third-order valence-electron chi connectivity index (χ3n) is 6.48. The summed E-state index contributed by atoms with van der Waals surface area (Å²) in [7, 11) is 0.0559. The highest BCUT2D eigenvalue weighted by molar-refractivity contribution is 7.91. The van der Waals surface area contributed by atoms with Crippen LogP contribution in [0.1, 0.15) is 37.6 Å². The van der Waals surface area contributed by atoms with E-state index >= 15 is 0 Å². The van der Waals surface area contributed by atoms with Crippen molar-refractivity contribution in [2.24, 2.45) is 10.7 Å². The molecular weight excluding hydrogens is 528 g/mol. The molecule has 0 radical (unpaired) electrons. The molecule has 2 aromatic heterocycles. The fourth-order valence-corrected chi connectivity index (χ4v) is 6.85. The number of ether oxygens (including phenoxy) is 2. The zero-order valence-corrected chi connectivity index (χ0v) is 23.4. The normalized spacial score (nSPS) is 16.1. The Balaban J connectivity index is 1.77. The van der Waals surface area contributed by atoms with Crippen LogP contribution in [0.15, 0.2) is 40.2 Å². The number of fused-ring (bicyclic) bond motifs is 1. The maximum absolute atomic E-state index is 13.3. The molecule has 0 bridgehead atoms. The second-order valence-electron chi connectivity index (χ2n) is 9.43. The van der Waals surface area contributed by atoms with Gasteiger partial charge in [-0.15, -0.1) is 11.3 Å². The molecule has 1 fully saturated rings. The predicted molar refractivity (Wildman–Crippen MR) is 150 cm³/mol. The van der Waals surface area contributed by atoms with Crippen LogP contribution in [0.2, 0.25) is 0 Å². The van der Waals surface area contributed by atoms with E-state index in [-0.39, 0.29) is 41.7 Å². The minimum Gasteiger partial charge on any atom is -0.493 e. The Morgan fingerprint density at radius 2 is 1.95 bits per heavy atom. The summed E-state index contributed by atoms with van der Waals surface area (Å²) in [6.07, 6.45) is 2.70. The van der Waals surface area contributed by atoms with E-state index in [0.717, 1.165) is 15.8 Å². The average molecular weight is 561 g/mol. The van der Waals surface area contributed by atoms with E-state index in [9.17, 15) is 18.0 Å². The smallest absolute Gasteiger partial charge is 0.259 e. The molecule has 204 valence electrons. The summed E-state index contributed by atoms with van der Waals surface area (Å²) < 4.78 is 37.1. The maximum Gasteiger partial charge on any atom is 0.259 e. The largest absolute Gasteiger partial charge is 0.493 e. The van der Waals surface area contributed by atoms with Crippen LogP contribution in [-0.4, -0.2) is 63.0 Å². The summed E-state index contributed by atoms with van der Waals surface area (Å²) in [5.74, 6) is 1.12. The van der Waals surface area contributed by atoms with Crippen molar-refractivity contribution in [3.63, 3.8) is 0 Å². The quantitative estimate of drug-likeness (QED) is 0.319. The van der Waals surface area contributed by atoms with Crippen molar-refractivity contribution < 1.29 is 22.7 Å². The van der Waals surface area contributed by atoms with Crippen LogP contribution in [0.4, 0.5) is 0 Å². The van der Waals surface area contributed by atoms with E-state index in [1.54, 1.807) is 16.7 Å². The van der Waals surface area contributed by atoms with Crippen LogP contribution in [0, 0.1) is 0 Å². The molecule has 0 atom stereocenters. The Morgan fingerprint density at radius 1 is 1.24 bits per heavy atom. The molecule has 0 unspecified atom stereocenters. The number of thiophene rings is 1. The Bertz CT molecular complexity index is 1540. The van der Waals surface area contributed by atoms with Crippen molar-refractivity contribution in [1.29, 1.82) is 0 Å². The number of aliphatic imine (C=N–C) groups is 1. The fourth-order valence-electron chi connectivity index (χ4n) is 4.30. The van der Waals surface area contributed by atoms with Gasteiger partial charge < -0.3 is 25.1 Å². The molecule has 38 heavy (non-hydrogen) atoms. The number of nitrogens with one attached hydrogen (secondary N) is 1. The number of nitrogens with zero attached hydrogens (tertiary/aromatic N) is 2. The lowest BCUT2D eigenvalue weighted by Crippen LogP contribution is -2.27. The molecule has 3 heterocycles. The number of carbonyl (C=O) groups is 1. The lowest BCUT2D eigenvalue weighted by molar-refractivity contribution is -0.122. The third-order valence-corrected chi connectivity index (χ3v) is 9.38. The summed E-state index contributed by atoms with van der Waals surface area (Å²) in [5.41, 5.74) is 7.85. The number of pyridine rings is 1. The topological polar surface area (TPSA) is 142 Å². The van der Waals surface area contributed by atoms with Crippen LogP contribution in [0.3, 0.4) is 0 Å². The Labute approximate surface area is 225 Å². The number of methoxy groups -OCH3 is 1. The molecule has 1 aromatic carbocycles. The summed E-state index contributed by atoms with van der Waals surface area (Å²) in [5, 5.41) is 3.04. The van der Waals surface area contributed by atoms with Gasteiger partial charge in [0, 0.05) is 29.5 Å². The fraction of sp³-hybridized carbons (Fsp3) is 0.423. The van der Waals surface area contributed by atoms with Crippen molar-refractivity contribution in [3.8, 4) is 22.6 Å². The van der Waals surface area contributed by atoms with Crippen LogP contribution >= 0.6 is 11.3 Å². The van der Waals surface area contributed by atoms with E-state index < -0.39 is 9.84 Å². The first-order valence-electron chi connectivity index (χ1n) is 12.3. The van der Waals surface area contributed by atoms with Gasteiger partial charge in [-0.25, -0.2) is 8.42 Å². The van der Waals surface area contributed by atoms with Crippen molar-refractivity contribution in [3.05, 3.63) is 45.7 Å². The number of rotatable bonds is 8. The van der Waals surface area contributed by atoms with Gasteiger partial charge in [0.05, 0.1) is 34.9 Å². The first-order valence-corrected chi connectivity index (χ1v) is 14.9. The number of aromatic nitrogens is 1. The number of nitrogens with two attached hydrogens (primary N) is 1. The molecule has 4 rings (SSSR count). The van der Waals surface area contributed by atoms with Crippen molar-refractivity contribution in [2.45, 2.75) is 38.8 Å². The van der Waals surface area contributed by atoms with E-state index in [1.807, 2.05) is 32.2 Å². The van der Waals surface area contributed by atoms with E-state index in [0.29, 0.717) is 40.4 Å². The molecule has 1 aliphatic heterocycles. The summed E-state index contributed by atoms with van der Waals surface area (Å²) in [4.78, 5) is 30.2. The molecule has 1 saturated heterocycles. The van der Waals surface area contributed by atoms with Gasteiger partial charge in [-0.2, -0.15) is 0 Å². The highest BCUT2D eigenvalue weighted by Crippen LogP contribution is 2.38. The molecule has 0 aliphatic carbocycles. The monoisotopic (exact) mass is 560 g/mol. The molecule has 0 saturated carbocycles. The van der Waals surface area contributed by atoms with Crippen molar-refractivity contribution in [1.82, 2.24) is 9.88 Å². The first-order chi connectivity index (χ1) is 18.0. The van der Waals surface area contributed by atoms with Crippen molar-refractivity contribution in [2.75, 3.05) is 32.3 Å². The number of amidine groups is 1. The predicted octanol–water partition coefficient (Wildman–Crippen LogP) is 2.73. The SMILES string of the molecule is CNC(=O)COc1ccc(-c2cn(C(C)C)c(=O)c3cc(C(N)=NC4CCS(=O)(=O)CC4)sc23)cc1OC.